The first-order valence-electron chi connectivity index (χ1n) is 9.86. The predicted molar refractivity (Wildman–Crippen MR) is 125 cm³/mol. The Bertz CT molecular complexity index is 1210. The summed E-state index contributed by atoms with van der Waals surface area (Å²) in [6.45, 7) is 0. The van der Waals surface area contributed by atoms with Crippen LogP contribution in [0, 0.1) is 0 Å². The van der Waals surface area contributed by atoms with Crippen LogP contribution in [0.25, 0.3) is 10.8 Å². The van der Waals surface area contributed by atoms with E-state index in [4.69, 9.17) is 4.74 Å². The molecule has 0 radical (unpaired) electrons. The van der Waals surface area contributed by atoms with Crippen molar-refractivity contribution in [2.24, 2.45) is 0 Å². The van der Waals surface area contributed by atoms with Crippen LogP contribution in [0.3, 0.4) is 0 Å². The Morgan fingerprint density at radius 1 is 1.10 bits per heavy atom. The van der Waals surface area contributed by atoms with Crippen LogP contribution in [-0.2, 0) is 22.9 Å². The van der Waals surface area contributed by atoms with Crippen molar-refractivity contribution in [2.45, 2.75) is 30.2 Å². The van der Waals surface area contributed by atoms with Gasteiger partial charge in [0.1, 0.15) is 5.75 Å². The van der Waals surface area contributed by atoms with Gasteiger partial charge in [0.2, 0.25) is 0 Å². The van der Waals surface area contributed by atoms with Gasteiger partial charge in [-0.25, -0.2) is 8.42 Å². The fourth-order valence-electron chi connectivity index (χ4n) is 4.21. The molecule has 1 aliphatic rings. The molecular formula is C23H25BrN2O3S. The number of halogens is 1. The minimum atomic E-state index is -3.76. The Kier molecular flexibility index (Phi) is 5.79. The fourth-order valence-corrected chi connectivity index (χ4v) is 5.88. The van der Waals surface area contributed by atoms with Crippen molar-refractivity contribution >= 4 is 42.4 Å². The highest BCUT2D eigenvalue weighted by atomic mass is 79.9. The molecule has 0 spiro atoms. The van der Waals surface area contributed by atoms with Crippen LogP contribution in [0.15, 0.2) is 57.9 Å². The van der Waals surface area contributed by atoms with Crippen molar-refractivity contribution in [3.63, 3.8) is 0 Å². The molecule has 0 heterocycles. The number of nitrogens with one attached hydrogen (secondary N) is 1. The van der Waals surface area contributed by atoms with Gasteiger partial charge in [-0.05, 0) is 74.6 Å². The zero-order valence-electron chi connectivity index (χ0n) is 17.3. The highest BCUT2D eigenvalue weighted by molar-refractivity contribution is 9.10. The zero-order chi connectivity index (χ0) is 21.5. The molecule has 0 bridgehead atoms. The highest BCUT2D eigenvalue weighted by Crippen LogP contribution is 2.37. The molecular weight excluding hydrogens is 464 g/mol. The van der Waals surface area contributed by atoms with E-state index in [0.29, 0.717) is 17.1 Å². The van der Waals surface area contributed by atoms with Gasteiger partial charge in [0.05, 0.1) is 17.7 Å². The summed E-state index contributed by atoms with van der Waals surface area (Å²) in [4.78, 5) is 2.49. The average molecular weight is 489 g/mol. The fraction of sp³-hybridized carbons (Fsp3) is 0.304. The number of sulfonamides is 1. The first kappa shape index (κ1) is 21.2. The van der Waals surface area contributed by atoms with Crippen LogP contribution in [0.2, 0.25) is 0 Å². The molecule has 158 valence electrons. The Balaban J connectivity index is 1.77. The summed E-state index contributed by atoms with van der Waals surface area (Å²) >= 11 is 3.45. The van der Waals surface area contributed by atoms with Gasteiger partial charge in [-0.15, -0.1) is 0 Å². The molecule has 1 N–H and O–H groups in total. The van der Waals surface area contributed by atoms with Crippen LogP contribution < -0.4 is 9.46 Å². The number of hydrogen-bond acceptors (Lipinski definition) is 4. The summed E-state index contributed by atoms with van der Waals surface area (Å²) in [5.41, 5.74) is 2.75. The predicted octanol–water partition coefficient (Wildman–Crippen LogP) is 4.83. The van der Waals surface area contributed by atoms with Crippen molar-refractivity contribution in [1.29, 1.82) is 0 Å². The van der Waals surface area contributed by atoms with Crippen LogP contribution in [0.1, 0.15) is 17.5 Å². The summed E-state index contributed by atoms with van der Waals surface area (Å²) in [7, 11) is 2.05. The summed E-state index contributed by atoms with van der Waals surface area (Å²) in [6.07, 6.45) is 2.61. The average Bonchev–Trinajstić information content (AvgIpc) is 2.72. The second-order valence-electron chi connectivity index (χ2n) is 7.86. The van der Waals surface area contributed by atoms with E-state index in [9.17, 15) is 8.42 Å². The van der Waals surface area contributed by atoms with Crippen LogP contribution in [-0.4, -0.2) is 40.6 Å². The molecule has 1 unspecified atom stereocenters. The van der Waals surface area contributed by atoms with Crippen molar-refractivity contribution < 1.29 is 13.2 Å². The molecule has 1 atom stereocenters. The third-order valence-corrected chi connectivity index (χ3v) is 7.76. The topological polar surface area (TPSA) is 58.6 Å². The van der Waals surface area contributed by atoms with Gasteiger partial charge in [-0.3, -0.25) is 4.72 Å². The lowest BCUT2D eigenvalue weighted by Gasteiger charge is -2.32. The highest BCUT2D eigenvalue weighted by Gasteiger charge is 2.27. The standard InChI is InChI=1S/C23H25BrN2O3S/c1-26(2)17-9-10-18-20(14-17)22(29-3)12-11-21(18)25-30(27,28)23-6-4-5-15-7-8-16(24)13-19(15)23/h4-8,11-13,17,25H,9-10,14H2,1-3H3. The Morgan fingerprint density at radius 2 is 1.90 bits per heavy atom. The van der Waals surface area contributed by atoms with Gasteiger partial charge >= 0.3 is 0 Å². The second kappa shape index (κ2) is 8.21. The molecule has 1 aliphatic carbocycles. The Hall–Kier alpha value is -2.09. The normalized spacial score (nSPS) is 16.5. The van der Waals surface area contributed by atoms with Crippen molar-refractivity contribution in [1.82, 2.24) is 4.90 Å². The smallest absolute Gasteiger partial charge is 0.262 e. The van der Waals surface area contributed by atoms with Gasteiger partial charge in [0, 0.05) is 21.5 Å². The summed E-state index contributed by atoms with van der Waals surface area (Å²) < 4.78 is 36.0. The maximum absolute atomic E-state index is 13.4. The van der Waals surface area contributed by atoms with Crippen LogP contribution in [0.5, 0.6) is 5.75 Å². The molecule has 3 aromatic rings. The van der Waals surface area contributed by atoms with E-state index in [-0.39, 0.29) is 4.90 Å². The van der Waals surface area contributed by atoms with Crippen molar-refractivity contribution in [2.75, 3.05) is 25.9 Å². The maximum Gasteiger partial charge on any atom is 0.262 e. The van der Waals surface area contributed by atoms with E-state index in [2.05, 4.69) is 39.6 Å². The van der Waals surface area contributed by atoms with Gasteiger partial charge in [0.15, 0.2) is 0 Å². The SMILES string of the molecule is COc1ccc(NS(=O)(=O)c2cccc3ccc(Br)cc23)c2c1CC(N(C)C)CC2. The molecule has 0 aliphatic heterocycles. The summed E-state index contributed by atoms with van der Waals surface area (Å²) in [6, 6.07) is 15.1. The number of rotatable bonds is 5. The number of benzene rings is 3. The first-order valence-corrected chi connectivity index (χ1v) is 12.1. The van der Waals surface area contributed by atoms with Crippen LogP contribution >= 0.6 is 15.9 Å². The van der Waals surface area contributed by atoms with Crippen LogP contribution in [0.4, 0.5) is 5.69 Å². The lowest BCUT2D eigenvalue weighted by Crippen LogP contribution is -2.34. The van der Waals surface area contributed by atoms with E-state index in [1.54, 1.807) is 19.2 Å². The second-order valence-corrected chi connectivity index (χ2v) is 10.4. The number of hydrogen-bond donors (Lipinski definition) is 1. The van der Waals surface area contributed by atoms with Gasteiger partial charge in [-0.1, -0.05) is 34.1 Å². The number of fused-ring (bicyclic) bond motifs is 2. The zero-order valence-corrected chi connectivity index (χ0v) is 19.7. The molecule has 7 heteroatoms. The number of methoxy groups -OCH3 is 1. The molecule has 0 saturated heterocycles. The van der Waals surface area contributed by atoms with E-state index >= 15 is 0 Å². The van der Waals surface area contributed by atoms with E-state index in [1.807, 2.05) is 36.4 Å². The van der Waals surface area contributed by atoms with E-state index < -0.39 is 10.0 Å². The third-order valence-electron chi connectivity index (χ3n) is 5.84. The lowest BCUT2D eigenvalue weighted by atomic mass is 9.86. The van der Waals surface area contributed by atoms with Gasteiger partial charge < -0.3 is 9.64 Å². The third kappa shape index (κ3) is 3.94. The van der Waals surface area contributed by atoms with Gasteiger partial charge in [0.25, 0.3) is 10.0 Å². The van der Waals surface area contributed by atoms with Crippen molar-refractivity contribution in [3.8, 4) is 5.75 Å². The summed E-state index contributed by atoms with van der Waals surface area (Å²) in [5.74, 6) is 0.814. The minimum Gasteiger partial charge on any atom is -0.496 e. The molecule has 0 fully saturated rings. The number of anilines is 1. The molecule has 0 amide bonds. The monoisotopic (exact) mass is 488 g/mol. The van der Waals surface area contributed by atoms with E-state index in [1.165, 1.54) is 0 Å². The molecule has 4 rings (SSSR count). The number of ether oxygens (including phenoxy) is 1. The summed E-state index contributed by atoms with van der Waals surface area (Å²) in [5, 5.41) is 1.57. The molecule has 30 heavy (non-hydrogen) atoms. The number of nitrogens with zero attached hydrogens (tertiary/aromatic N) is 1. The minimum absolute atomic E-state index is 0.271. The Labute approximate surface area is 186 Å². The van der Waals surface area contributed by atoms with Crippen molar-refractivity contribution in [3.05, 3.63) is 64.1 Å². The molecule has 3 aromatic carbocycles. The molecule has 5 nitrogen and oxygen atoms in total. The molecule has 0 saturated carbocycles. The first-order chi connectivity index (χ1) is 14.3. The van der Waals surface area contributed by atoms with Gasteiger partial charge in [-0.2, -0.15) is 0 Å². The molecule has 0 aromatic heterocycles. The quantitative estimate of drug-likeness (QED) is 0.558. The lowest BCUT2D eigenvalue weighted by molar-refractivity contribution is 0.265. The Morgan fingerprint density at radius 3 is 2.63 bits per heavy atom. The number of likely N-dealkylation sites (N-methyl/N-ethyl adjacent to an activating group) is 1. The van der Waals surface area contributed by atoms with E-state index in [0.717, 1.165) is 46.0 Å². The maximum atomic E-state index is 13.4. The largest absolute Gasteiger partial charge is 0.496 e.